The minimum atomic E-state index is 0.561. The van der Waals surface area contributed by atoms with Gasteiger partial charge < -0.3 is 15.4 Å². The van der Waals surface area contributed by atoms with Crippen molar-refractivity contribution in [3.63, 3.8) is 0 Å². The van der Waals surface area contributed by atoms with E-state index in [2.05, 4.69) is 40.0 Å². The molecule has 0 atom stereocenters. The number of nitrogens with two attached hydrogens (primary N) is 1. The highest BCUT2D eigenvalue weighted by Crippen LogP contribution is 2.21. The maximum Gasteiger partial charge on any atom is 0.0641 e. The molecule has 0 saturated heterocycles. The molecule has 90 valence electrons. The second-order valence-electron chi connectivity index (χ2n) is 3.64. The first-order valence-electron chi connectivity index (χ1n) is 5.45. The highest BCUT2D eigenvalue weighted by atomic mass is 79.9. The highest BCUT2D eigenvalue weighted by Gasteiger charge is 2.03. The third kappa shape index (κ3) is 4.12. The molecule has 0 aromatic heterocycles. The van der Waals surface area contributed by atoms with Crippen LogP contribution in [0.5, 0.6) is 0 Å². The van der Waals surface area contributed by atoms with E-state index < -0.39 is 0 Å². The molecule has 0 aliphatic rings. The lowest BCUT2D eigenvalue weighted by Gasteiger charge is -2.20. The molecular formula is C12H19BrN2O. The summed E-state index contributed by atoms with van der Waals surface area (Å²) in [5.74, 6) is 0. The Bertz CT molecular complexity index is 331. The number of rotatable bonds is 6. The van der Waals surface area contributed by atoms with Gasteiger partial charge in [0.1, 0.15) is 0 Å². The molecule has 1 aromatic rings. The van der Waals surface area contributed by atoms with Gasteiger partial charge in [-0.3, -0.25) is 0 Å². The van der Waals surface area contributed by atoms with E-state index in [0.717, 1.165) is 35.5 Å². The monoisotopic (exact) mass is 286 g/mol. The van der Waals surface area contributed by atoms with Gasteiger partial charge in [-0.15, -0.1) is 0 Å². The SMILES string of the molecule is CCOCCN(C)c1cc(Br)cc(CN)c1. The first kappa shape index (κ1) is 13.5. The third-order valence-electron chi connectivity index (χ3n) is 2.39. The normalized spacial score (nSPS) is 10.5. The number of hydrogen-bond acceptors (Lipinski definition) is 3. The minimum Gasteiger partial charge on any atom is -0.380 e. The fourth-order valence-electron chi connectivity index (χ4n) is 1.45. The van der Waals surface area contributed by atoms with Crippen molar-refractivity contribution in [3.8, 4) is 0 Å². The van der Waals surface area contributed by atoms with Gasteiger partial charge in [-0.2, -0.15) is 0 Å². The number of anilines is 1. The van der Waals surface area contributed by atoms with Crippen molar-refractivity contribution in [3.05, 3.63) is 28.2 Å². The van der Waals surface area contributed by atoms with E-state index in [9.17, 15) is 0 Å². The molecule has 16 heavy (non-hydrogen) atoms. The van der Waals surface area contributed by atoms with E-state index in [-0.39, 0.29) is 0 Å². The average molecular weight is 287 g/mol. The van der Waals surface area contributed by atoms with Crippen molar-refractivity contribution in [2.24, 2.45) is 5.73 Å². The molecule has 0 unspecified atom stereocenters. The van der Waals surface area contributed by atoms with Crippen molar-refractivity contribution >= 4 is 21.6 Å². The van der Waals surface area contributed by atoms with E-state index in [1.807, 2.05) is 13.0 Å². The predicted molar refractivity (Wildman–Crippen MR) is 71.8 cm³/mol. The van der Waals surface area contributed by atoms with E-state index in [1.165, 1.54) is 0 Å². The quantitative estimate of drug-likeness (QED) is 0.816. The molecule has 0 amide bonds. The van der Waals surface area contributed by atoms with Gasteiger partial charge in [-0.25, -0.2) is 0 Å². The Kier molecular flexibility index (Phi) is 5.80. The maximum absolute atomic E-state index is 5.65. The second-order valence-corrected chi connectivity index (χ2v) is 4.56. The second kappa shape index (κ2) is 6.89. The molecular weight excluding hydrogens is 268 g/mol. The minimum absolute atomic E-state index is 0.561. The first-order chi connectivity index (χ1) is 7.67. The summed E-state index contributed by atoms with van der Waals surface area (Å²) in [4.78, 5) is 2.17. The van der Waals surface area contributed by atoms with Crippen LogP contribution in [0, 0.1) is 0 Å². The van der Waals surface area contributed by atoms with Crippen LogP contribution in [0.1, 0.15) is 12.5 Å². The third-order valence-corrected chi connectivity index (χ3v) is 2.85. The van der Waals surface area contributed by atoms with E-state index in [0.29, 0.717) is 6.54 Å². The molecule has 2 N–H and O–H groups in total. The summed E-state index contributed by atoms with van der Waals surface area (Å²) in [6, 6.07) is 6.24. The van der Waals surface area contributed by atoms with Crippen LogP contribution in [-0.2, 0) is 11.3 Å². The molecule has 0 bridgehead atoms. The summed E-state index contributed by atoms with van der Waals surface area (Å²) in [7, 11) is 2.06. The lowest BCUT2D eigenvalue weighted by molar-refractivity contribution is 0.154. The molecule has 1 aromatic carbocycles. The van der Waals surface area contributed by atoms with Gasteiger partial charge in [0.25, 0.3) is 0 Å². The smallest absolute Gasteiger partial charge is 0.0641 e. The van der Waals surface area contributed by atoms with Crippen LogP contribution in [0.4, 0.5) is 5.69 Å². The molecule has 3 nitrogen and oxygen atoms in total. The Morgan fingerprint density at radius 3 is 2.75 bits per heavy atom. The number of nitrogens with zero attached hydrogens (tertiary/aromatic N) is 1. The molecule has 0 radical (unpaired) electrons. The van der Waals surface area contributed by atoms with Crippen LogP contribution in [0.25, 0.3) is 0 Å². The molecule has 4 heteroatoms. The molecule has 0 saturated carbocycles. The molecule has 0 spiro atoms. The summed E-state index contributed by atoms with van der Waals surface area (Å²) in [6.07, 6.45) is 0. The number of hydrogen-bond donors (Lipinski definition) is 1. The van der Waals surface area contributed by atoms with E-state index in [1.54, 1.807) is 0 Å². The van der Waals surface area contributed by atoms with Crippen LogP contribution in [0.2, 0.25) is 0 Å². The fraction of sp³-hybridized carbons (Fsp3) is 0.500. The highest BCUT2D eigenvalue weighted by molar-refractivity contribution is 9.10. The summed E-state index contributed by atoms with van der Waals surface area (Å²) in [6.45, 7) is 4.96. The lowest BCUT2D eigenvalue weighted by Crippen LogP contribution is -2.22. The van der Waals surface area contributed by atoms with Crippen molar-refractivity contribution in [2.75, 3.05) is 31.7 Å². The van der Waals surface area contributed by atoms with Gasteiger partial charge in [0.05, 0.1) is 6.61 Å². The number of likely N-dealkylation sites (N-methyl/N-ethyl adjacent to an activating group) is 1. The summed E-state index contributed by atoms with van der Waals surface area (Å²) >= 11 is 3.49. The fourth-order valence-corrected chi connectivity index (χ4v) is 1.98. The van der Waals surface area contributed by atoms with Crippen molar-refractivity contribution in [1.82, 2.24) is 0 Å². The van der Waals surface area contributed by atoms with Crippen LogP contribution in [0.3, 0.4) is 0 Å². The topological polar surface area (TPSA) is 38.5 Å². The van der Waals surface area contributed by atoms with Gasteiger partial charge in [-0.05, 0) is 30.7 Å². The Labute approximate surface area is 106 Å². The summed E-state index contributed by atoms with van der Waals surface area (Å²) in [5.41, 5.74) is 7.94. The van der Waals surface area contributed by atoms with Crippen LogP contribution in [-0.4, -0.2) is 26.8 Å². The van der Waals surface area contributed by atoms with Crippen LogP contribution in [0.15, 0.2) is 22.7 Å². The first-order valence-corrected chi connectivity index (χ1v) is 6.25. The Hall–Kier alpha value is -0.580. The Morgan fingerprint density at radius 1 is 1.38 bits per heavy atom. The van der Waals surface area contributed by atoms with Gasteiger partial charge in [0.15, 0.2) is 0 Å². The molecule has 0 aliphatic heterocycles. The van der Waals surface area contributed by atoms with E-state index in [4.69, 9.17) is 10.5 Å². The average Bonchev–Trinajstić information content (AvgIpc) is 2.28. The molecule has 0 heterocycles. The van der Waals surface area contributed by atoms with Crippen molar-refractivity contribution < 1.29 is 4.74 Å². The number of benzene rings is 1. The van der Waals surface area contributed by atoms with Gasteiger partial charge >= 0.3 is 0 Å². The van der Waals surface area contributed by atoms with Crippen molar-refractivity contribution in [2.45, 2.75) is 13.5 Å². The standard InChI is InChI=1S/C12H19BrN2O/c1-3-16-5-4-15(2)12-7-10(9-14)6-11(13)8-12/h6-8H,3-5,9,14H2,1-2H3. The zero-order valence-electron chi connectivity index (χ0n) is 9.87. The van der Waals surface area contributed by atoms with Crippen LogP contribution < -0.4 is 10.6 Å². The predicted octanol–water partition coefficient (Wildman–Crippen LogP) is 2.38. The summed E-state index contributed by atoms with van der Waals surface area (Å²) in [5, 5.41) is 0. The maximum atomic E-state index is 5.65. The summed E-state index contributed by atoms with van der Waals surface area (Å²) < 4.78 is 6.40. The Morgan fingerprint density at radius 2 is 2.12 bits per heavy atom. The lowest BCUT2D eigenvalue weighted by atomic mass is 10.2. The zero-order valence-corrected chi connectivity index (χ0v) is 11.5. The van der Waals surface area contributed by atoms with Gasteiger partial charge in [0, 0.05) is 36.9 Å². The van der Waals surface area contributed by atoms with Gasteiger partial charge in [0.2, 0.25) is 0 Å². The number of ether oxygens (including phenoxy) is 1. The van der Waals surface area contributed by atoms with E-state index >= 15 is 0 Å². The molecule has 0 fully saturated rings. The molecule has 0 aliphatic carbocycles. The van der Waals surface area contributed by atoms with Crippen molar-refractivity contribution in [1.29, 1.82) is 0 Å². The van der Waals surface area contributed by atoms with Gasteiger partial charge in [-0.1, -0.05) is 15.9 Å². The largest absolute Gasteiger partial charge is 0.380 e. The Balaban J connectivity index is 2.66. The molecule has 1 rings (SSSR count). The number of halogens is 1. The zero-order chi connectivity index (χ0) is 12.0. The van der Waals surface area contributed by atoms with Crippen LogP contribution >= 0.6 is 15.9 Å².